The number of rotatable bonds is 6. The number of carbonyl (C=O) groups is 1. The fraction of sp³-hybridized carbons (Fsp3) is 0.400. The second-order valence-corrected chi connectivity index (χ2v) is 7.09. The van der Waals surface area contributed by atoms with E-state index in [2.05, 4.69) is 29.0 Å². The fourth-order valence-electron chi connectivity index (χ4n) is 3.03. The van der Waals surface area contributed by atoms with Gasteiger partial charge in [-0.1, -0.05) is 29.8 Å². The van der Waals surface area contributed by atoms with Gasteiger partial charge in [0.25, 0.3) is 5.91 Å². The number of ether oxygens (including phenoxy) is 2. The second-order valence-electron chi connectivity index (χ2n) is 6.68. The summed E-state index contributed by atoms with van der Waals surface area (Å²) >= 11 is 6.00. The summed E-state index contributed by atoms with van der Waals surface area (Å²) in [6.07, 6.45) is 2.16. The molecule has 2 aromatic rings. The van der Waals surface area contributed by atoms with Gasteiger partial charge in [-0.3, -0.25) is 4.79 Å². The van der Waals surface area contributed by atoms with Crippen LogP contribution in [0.15, 0.2) is 42.6 Å². The molecule has 1 amide bonds. The molecule has 7 heteroatoms. The van der Waals surface area contributed by atoms with E-state index in [1.54, 1.807) is 18.3 Å². The standard InChI is InChI=1S/C20H24ClN3O3/c1-14-11-24(12-15(2)27-14)19-8-7-16(9-22-19)10-23-20(25)13-26-18-6-4-3-5-17(18)21/h3-9,14-15H,10-13H2,1-2H3,(H,23,25). The molecule has 0 aliphatic carbocycles. The number of nitrogens with one attached hydrogen (secondary N) is 1. The molecule has 1 aromatic carbocycles. The Labute approximate surface area is 164 Å². The number of amides is 1. The highest BCUT2D eigenvalue weighted by atomic mass is 35.5. The van der Waals surface area contributed by atoms with Crippen LogP contribution in [-0.4, -0.2) is 42.8 Å². The van der Waals surface area contributed by atoms with Crippen LogP contribution < -0.4 is 15.0 Å². The van der Waals surface area contributed by atoms with Crippen molar-refractivity contribution in [3.63, 3.8) is 0 Å². The lowest BCUT2D eigenvalue weighted by molar-refractivity contribution is -0.123. The van der Waals surface area contributed by atoms with Crippen LogP contribution >= 0.6 is 11.6 Å². The quantitative estimate of drug-likeness (QED) is 0.822. The number of hydrogen-bond donors (Lipinski definition) is 1. The number of nitrogens with zero attached hydrogens (tertiary/aromatic N) is 2. The predicted molar refractivity (Wildman–Crippen MR) is 105 cm³/mol. The molecule has 1 aliphatic rings. The van der Waals surface area contributed by atoms with Crippen LogP contribution in [0.2, 0.25) is 5.02 Å². The molecule has 2 atom stereocenters. The zero-order valence-corrected chi connectivity index (χ0v) is 16.3. The number of benzene rings is 1. The summed E-state index contributed by atoms with van der Waals surface area (Å²) in [6, 6.07) is 11.0. The maximum absolute atomic E-state index is 12.0. The molecule has 0 radical (unpaired) electrons. The number of hydrogen-bond acceptors (Lipinski definition) is 5. The van der Waals surface area contributed by atoms with Gasteiger partial charge in [0.2, 0.25) is 0 Å². The topological polar surface area (TPSA) is 63.7 Å². The van der Waals surface area contributed by atoms with Crippen LogP contribution in [0.3, 0.4) is 0 Å². The van der Waals surface area contributed by atoms with Gasteiger partial charge in [0, 0.05) is 25.8 Å². The van der Waals surface area contributed by atoms with E-state index >= 15 is 0 Å². The van der Waals surface area contributed by atoms with Crippen molar-refractivity contribution in [2.45, 2.75) is 32.6 Å². The number of pyridine rings is 1. The van der Waals surface area contributed by atoms with E-state index in [9.17, 15) is 4.79 Å². The number of aromatic nitrogens is 1. The third-order valence-corrected chi connectivity index (χ3v) is 4.55. The summed E-state index contributed by atoms with van der Waals surface area (Å²) in [6.45, 7) is 6.10. The highest BCUT2D eigenvalue weighted by molar-refractivity contribution is 6.32. The number of morpholine rings is 1. The van der Waals surface area contributed by atoms with E-state index in [-0.39, 0.29) is 24.7 Å². The summed E-state index contributed by atoms with van der Waals surface area (Å²) in [5, 5.41) is 3.30. The minimum Gasteiger partial charge on any atom is -0.482 e. The van der Waals surface area contributed by atoms with Crippen molar-refractivity contribution in [3.05, 3.63) is 53.2 Å². The van der Waals surface area contributed by atoms with Crippen molar-refractivity contribution in [2.24, 2.45) is 0 Å². The fourth-order valence-corrected chi connectivity index (χ4v) is 3.22. The Morgan fingerprint density at radius 3 is 2.67 bits per heavy atom. The van der Waals surface area contributed by atoms with Crippen LogP contribution in [0, 0.1) is 0 Å². The summed E-state index contributed by atoms with van der Waals surface area (Å²) in [5.41, 5.74) is 0.930. The largest absolute Gasteiger partial charge is 0.482 e. The molecule has 3 rings (SSSR count). The summed E-state index contributed by atoms with van der Waals surface area (Å²) in [4.78, 5) is 18.7. The molecule has 1 N–H and O–H groups in total. The Balaban J connectivity index is 1.47. The molecule has 6 nitrogen and oxygen atoms in total. The van der Waals surface area contributed by atoms with Crippen molar-refractivity contribution in [3.8, 4) is 5.75 Å². The van der Waals surface area contributed by atoms with Crippen molar-refractivity contribution in [1.82, 2.24) is 10.3 Å². The average molecular weight is 390 g/mol. The molecule has 1 fully saturated rings. The lowest BCUT2D eigenvalue weighted by Crippen LogP contribution is -2.45. The molecule has 0 spiro atoms. The summed E-state index contributed by atoms with van der Waals surface area (Å²) < 4.78 is 11.2. The molecule has 1 saturated heterocycles. The van der Waals surface area contributed by atoms with Gasteiger partial charge in [0.1, 0.15) is 11.6 Å². The first kappa shape index (κ1) is 19.5. The number of para-hydroxylation sites is 1. The first-order valence-corrected chi connectivity index (χ1v) is 9.38. The Morgan fingerprint density at radius 1 is 1.26 bits per heavy atom. The molecule has 144 valence electrons. The third kappa shape index (κ3) is 5.58. The minimum atomic E-state index is -0.213. The zero-order chi connectivity index (χ0) is 19.2. The Kier molecular flexibility index (Phi) is 6.53. The number of halogens is 1. The summed E-state index contributed by atoms with van der Waals surface area (Å²) in [7, 11) is 0. The van der Waals surface area contributed by atoms with Crippen LogP contribution in [0.4, 0.5) is 5.82 Å². The molecule has 1 aromatic heterocycles. The third-order valence-electron chi connectivity index (χ3n) is 4.24. The normalized spacial score (nSPS) is 19.6. The molecular formula is C20H24ClN3O3. The summed E-state index contributed by atoms with van der Waals surface area (Å²) in [5.74, 6) is 1.21. The van der Waals surface area contributed by atoms with Gasteiger partial charge in [-0.25, -0.2) is 4.98 Å². The minimum absolute atomic E-state index is 0.0845. The molecule has 1 aliphatic heterocycles. The number of carbonyl (C=O) groups excluding carboxylic acids is 1. The van der Waals surface area contributed by atoms with E-state index < -0.39 is 0 Å². The Hall–Kier alpha value is -2.31. The first-order valence-electron chi connectivity index (χ1n) is 9.00. The smallest absolute Gasteiger partial charge is 0.258 e. The predicted octanol–water partition coefficient (Wildman–Crippen LogP) is 3.04. The molecule has 2 unspecified atom stereocenters. The highest BCUT2D eigenvalue weighted by Crippen LogP contribution is 2.23. The van der Waals surface area contributed by atoms with E-state index in [1.807, 2.05) is 24.3 Å². The van der Waals surface area contributed by atoms with E-state index in [1.165, 1.54) is 0 Å². The van der Waals surface area contributed by atoms with Gasteiger partial charge in [-0.2, -0.15) is 0 Å². The average Bonchev–Trinajstić information content (AvgIpc) is 2.65. The molecule has 0 bridgehead atoms. The van der Waals surface area contributed by atoms with Crippen LogP contribution in [0.25, 0.3) is 0 Å². The Bertz CT molecular complexity index is 759. The van der Waals surface area contributed by atoms with Crippen molar-refractivity contribution >= 4 is 23.3 Å². The van der Waals surface area contributed by atoms with Crippen LogP contribution in [0.5, 0.6) is 5.75 Å². The highest BCUT2D eigenvalue weighted by Gasteiger charge is 2.22. The van der Waals surface area contributed by atoms with E-state index in [0.717, 1.165) is 24.5 Å². The van der Waals surface area contributed by atoms with Crippen LogP contribution in [0.1, 0.15) is 19.4 Å². The van der Waals surface area contributed by atoms with Gasteiger partial charge in [-0.15, -0.1) is 0 Å². The molecule has 27 heavy (non-hydrogen) atoms. The lowest BCUT2D eigenvalue weighted by atomic mass is 10.2. The lowest BCUT2D eigenvalue weighted by Gasteiger charge is -2.36. The van der Waals surface area contributed by atoms with E-state index in [0.29, 0.717) is 17.3 Å². The number of anilines is 1. The second kappa shape index (κ2) is 9.06. The van der Waals surface area contributed by atoms with Crippen molar-refractivity contribution in [1.29, 1.82) is 0 Å². The van der Waals surface area contributed by atoms with Crippen molar-refractivity contribution < 1.29 is 14.3 Å². The van der Waals surface area contributed by atoms with Gasteiger partial charge in [0.05, 0.1) is 17.2 Å². The maximum atomic E-state index is 12.0. The molecular weight excluding hydrogens is 366 g/mol. The zero-order valence-electron chi connectivity index (χ0n) is 15.5. The SMILES string of the molecule is CC1CN(c2ccc(CNC(=O)COc3ccccc3Cl)cn2)CC(C)O1. The maximum Gasteiger partial charge on any atom is 0.258 e. The molecule has 0 saturated carbocycles. The van der Waals surface area contributed by atoms with Crippen molar-refractivity contribution in [2.75, 3.05) is 24.6 Å². The van der Waals surface area contributed by atoms with Gasteiger partial charge in [0.15, 0.2) is 6.61 Å². The van der Waals surface area contributed by atoms with Crippen LogP contribution in [-0.2, 0) is 16.1 Å². The van der Waals surface area contributed by atoms with Gasteiger partial charge >= 0.3 is 0 Å². The Morgan fingerprint density at radius 2 is 2.00 bits per heavy atom. The first-order chi connectivity index (χ1) is 13.0. The van der Waals surface area contributed by atoms with Gasteiger partial charge < -0.3 is 19.7 Å². The molecule has 2 heterocycles. The van der Waals surface area contributed by atoms with E-state index in [4.69, 9.17) is 21.1 Å². The van der Waals surface area contributed by atoms with Gasteiger partial charge in [-0.05, 0) is 37.6 Å². The monoisotopic (exact) mass is 389 g/mol.